The van der Waals surface area contributed by atoms with Gasteiger partial charge in [-0.05, 0) is 49.9 Å². The zero-order valence-electron chi connectivity index (χ0n) is 13.4. The van der Waals surface area contributed by atoms with Gasteiger partial charge < -0.3 is 9.47 Å². The Morgan fingerprint density at radius 1 is 1.42 bits per heavy atom. The average Bonchev–Trinajstić information content (AvgIpc) is 2.82. The first-order valence-electron chi connectivity index (χ1n) is 7.16. The summed E-state index contributed by atoms with van der Waals surface area (Å²) in [5.41, 5.74) is 0.669. The van der Waals surface area contributed by atoms with Gasteiger partial charge in [0.05, 0.1) is 18.6 Å². The number of nitrogens with zero attached hydrogens (tertiary/aromatic N) is 1. The summed E-state index contributed by atoms with van der Waals surface area (Å²) in [4.78, 5) is 37.3. The van der Waals surface area contributed by atoms with E-state index < -0.39 is 23.2 Å². The summed E-state index contributed by atoms with van der Waals surface area (Å²) in [5.74, 6) is -0.560. The van der Waals surface area contributed by atoms with Crippen LogP contribution < -0.4 is 4.74 Å². The lowest BCUT2D eigenvalue weighted by atomic mass is 10.1. The molecule has 1 aromatic carbocycles. The molecule has 0 aliphatic carbocycles. The van der Waals surface area contributed by atoms with Gasteiger partial charge in [0.2, 0.25) is 0 Å². The molecule has 24 heavy (non-hydrogen) atoms. The topological polar surface area (TPSA) is 72.9 Å². The average molecular weight is 414 g/mol. The molecule has 0 N–H and O–H groups in total. The summed E-state index contributed by atoms with van der Waals surface area (Å²) >= 11 is 4.16. The highest BCUT2D eigenvalue weighted by atomic mass is 79.9. The summed E-state index contributed by atoms with van der Waals surface area (Å²) in [5, 5.41) is -0.503. The first kappa shape index (κ1) is 18.5. The number of halogens is 1. The van der Waals surface area contributed by atoms with Gasteiger partial charge in [0.25, 0.3) is 11.1 Å². The molecule has 2 amide bonds. The van der Waals surface area contributed by atoms with Crippen molar-refractivity contribution in [3.63, 3.8) is 0 Å². The van der Waals surface area contributed by atoms with Gasteiger partial charge in [-0.2, -0.15) is 0 Å². The SMILES string of the molecule is CCOc1ccc(Br)cc1/C=C1/SC(=O)N([C@H](C)C(=O)OC)C1=O. The van der Waals surface area contributed by atoms with Crippen molar-refractivity contribution in [2.24, 2.45) is 0 Å². The van der Waals surface area contributed by atoms with Crippen LogP contribution in [0.3, 0.4) is 0 Å². The van der Waals surface area contributed by atoms with Crippen molar-refractivity contribution in [2.75, 3.05) is 13.7 Å². The first-order valence-corrected chi connectivity index (χ1v) is 8.77. The van der Waals surface area contributed by atoms with Crippen LogP contribution in [0.15, 0.2) is 27.6 Å². The van der Waals surface area contributed by atoms with Crippen LogP contribution in [0.2, 0.25) is 0 Å². The quantitative estimate of drug-likeness (QED) is 0.543. The fourth-order valence-electron chi connectivity index (χ4n) is 2.15. The standard InChI is InChI=1S/C16H16BrNO5S/c1-4-23-12-6-5-11(17)7-10(12)8-13-14(19)18(16(21)24-13)9(2)15(20)22-3/h5-9H,4H2,1-3H3/b13-8+/t9-/m1/s1. The number of benzene rings is 1. The number of methoxy groups -OCH3 is 1. The smallest absolute Gasteiger partial charge is 0.328 e. The highest BCUT2D eigenvalue weighted by Gasteiger charge is 2.41. The van der Waals surface area contributed by atoms with Crippen molar-refractivity contribution in [3.05, 3.63) is 33.1 Å². The molecule has 0 spiro atoms. The predicted molar refractivity (Wildman–Crippen MR) is 94.6 cm³/mol. The van der Waals surface area contributed by atoms with E-state index >= 15 is 0 Å². The molecule has 1 aliphatic heterocycles. The Morgan fingerprint density at radius 3 is 2.75 bits per heavy atom. The lowest BCUT2D eigenvalue weighted by molar-refractivity contribution is -0.148. The van der Waals surface area contributed by atoms with E-state index in [1.807, 2.05) is 13.0 Å². The molecule has 0 radical (unpaired) electrons. The van der Waals surface area contributed by atoms with Crippen LogP contribution in [0.4, 0.5) is 4.79 Å². The summed E-state index contributed by atoms with van der Waals surface area (Å²) < 4.78 is 11.0. The Kier molecular flexibility index (Phi) is 6.06. The van der Waals surface area contributed by atoms with E-state index in [1.165, 1.54) is 14.0 Å². The number of rotatable bonds is 5. The molecule has 1 aromatic rings. The van der Waals surface area contributed by atoms with Gasteiger partial charge in [-0.3, -0.25) is 14.5 Å². The first-order chi connectivity index (χ1) is 11.4. The van der Waals surface area contributed by atoms with E-state index in [9.17, 15) is 14.4 Å². The van der Waals surface area contributed by atoms with E-state index in [1.54, 1.807) is 18.2 Å². The van der Waals surface area contributed by atoms with Crippen LogP contribution in [0.25, 0.3) is 6.08 Å². The summed E-state index contributed by atoms with van der Waals surface area (Å²) in [6.45, 7) is 3.79. The van der Waals surface area contributed by atoms with Crippen LogP contribution in [0, 0.1) is 0 Å². The minimum Gasteiger partial charge on any atom is -0.493 e. The van der Waals surface area contributed by atoms with Crippen molar-refractivity contribution in [2.45, 2.75) is 19.9 Å². The highest BCUT2D eigenvalue weighted by molar-refractivity contribution is 9.10. The van der Waals surface area contributed by atoms with Gasteiger partial charge in [-0.15, -0.1) is 0 Å². The van der Waals surface area contributed by atoms with E-state index in [0.717, 1.165) is 21.1 Å². The molecule has 6 nitrogen and oxygen atoms in total. The number of hydrogen-bond acceptors (Lipinski definition) is 6. The maximum absolute atomic E-state index is 12.5. The summed E-state index contributed by atoms with van der Waals surface area (Å²) in [6, 6.07) is 4.43. The van der Waals surface area contributed by atoms with E-state index in [2.05, 4.69) is 20.7 Å². The second kappa shape index (κ2) is 7.85. The second-order valence-corrected chi connectivity index (χ2v) is 6.77. The minimum atomic E-state index is -0.970. The third-order valence-electron chi connectivity index (χ3n) is 3.31. The lowest BCUT2D eigenvalue weighted by Gasteiger charge is -2.18. The monoisotopic (exact) mass is 413 g/mol. The third-order valence-corrected chi connectivity index (χ3v) is 4.69. The zero-order valence-corrected chi connectivity index (χ0v) is 15.8. The third kappa shape index (κ3) is 3.81. The van der Waals surface area contributed by atoms with Gasteiger partial charge in [-0.1, -0.05) is 15.9 Å². The number of thioether (sulfide) groups is 1. The number of amides is 2. The molecule has 1 heterocycles. The van der Waals surface area contributed by atoms with Crippen molar-refractivity contribution in [1.29, 1.82) is 0 Å². The van der Waals surface area contributed by atoms with Crippen molar-refractivity contribution in [3.8, 4) is 5.75 Å². The van der Waals surface area contributed by atoms with Gasteiger partial charge in [0, 0.05) is 10.0 Å². The number of ether oxygens (including phenoxy) is 2. The molecule has 0 unspecified atom stereocenters. The molecular formula is C16H16BrNO5S. The van der Waals surface area contributed by atoms with Gasteiger partial charge in [0.1, 0.15) is 11.8 Å². The van der Waals surface area contributed by atoms with Gasteiger partial charge in [0.15, 0.2) is 0 Å². The largest absolute Gasteiger partial charge is 0.493 e. The van der Waals surface area contributed by atoms with E-state index in [-0.39, 0.29) is 4.91 Å². The fraction of sp³-hybridized carbons (Fsp3) is 0.312. The summed E-state index contributed by atoms with van der Waals surface area (Å²) in [7, 11) is 1.21. The molecule has 8 heteroatoms. The molecule has 1 atom stereocenters. The maximum atomic E-state index is 12.5. The zero-order chi connectivity index (χ0) is 17.9. The molecule has 1 fully saturated rings. The Morgan fingerprint density at radius 2 is 2.12 bits per heavy atom. The number of carbonyl (C=O) groups excluding carboxylic acids is 3. The molecule has 0 aromatic heterocycles. The lowest BCUT2D eigenvalue weighted by Crippen LogP contribution is -2.42. The van der Waals surface area contributed by atoms with Crippen LogP contribution in [0.5, 0.6) is 5.75 Å². The van der Waals surface area contributed by atoms with E-state index in [0.29, 0.717) is 17.9 Å². The Bertz CT molecular complexity index is 718. The van der Waals surface area contributed by atoms with Crippen molar-refractivity contribution >= 4 is 50.9 Å². The van der Waals surface area contributed by atoms with E-state index in [4.69, 9.17) is 4.74 Å². The maximum Gasteiger partial charge on any atom is 0.328 e. The fourth-order valence-corrected chi connectivity index (χ4v) is 3.43. The molecule has 0 bridgehead atoms. The summed E-state index contributed by atoms with van der Waals surface area (Å²) in [6.07, 6.45) is 1.59. The molecule has 1 aliphatic rings. The molecular weight excluding hydrogens is 398 g/mol. The van der Waals surface area contributed by atoms with Crippen LogP contribution in [-0.4, -0.2) is 41.8 Å². The number of hydrogen-bond donors (Lipinski definition) is 0. The highest BCUT2D eigenvalue weighted by Crippen LogP contribution is 2.36. The Labute approximate surface area is 152 Å². The second-order valence-electron chi connectivity index (χ2n) is 4.87. The molecule has 1 saturated heterocycles. The van der Waals surface area contributed by atoms with Gasteiger partial charge in [-0.25, -0.2) is 4.79 Å². The molecule has 128 valence electrons. The van der Waals surface area contributed by atoms with Crippen molar-refractivity contribution < 1.29 is 23.9 Å². The van der Waals surface area contributed by atoms with Crippen LogP contribution >= 0.6 is 27.7 Å². The normalized spacial score (nSPS) is 17.3. The van der Waals surface area contributed by atoms with Gasteiger partial charge >= 0.3 is 5.97 Å². The van der Waals surface area contributed by atoms with Crippen LogP contribution in [-0.2, 0) is 14.3 Å². The number of imide groups is 1. The Balaban J connectivity index is 2.35. The van der Waals surface area contributed by atoms with Crippen molar-refractivity contribution in [1.82, 2.24) is 4.90 Å². The predicted octanol–water partition coefficient (Wildman–Crippen LogP) is 3.45. The number of esters is 1. The molecule has 2 rings (SSSR count). The number of carbonyl (C=O) groups is 3. The minimum absolute atomic E-state index is 0.231. The Hall–Kier alpha value is -1.80. The molecule has 0 saturated carbocycles. The van der Waals surface area contributed by atoms with Crippen LogP contribution in [0.1, 0.15) is 19.4 Å².